The fourth-order valence-electron chi connectivity index (χ4n) is 3.57. The summed E-state index contributed by atoms with van der Waals surface area (Å²) in [6, 6.07) is 17.2. The zero-order valence-corrected chi connectivity index (χ0v) is 20.6. The molecular formula is C25H22N4O4S2. The van der Waals surface area contributed by atoms with Gasteiger partial charge in [0.1, 0.15) is 5.01 Å². The van der Waals surface area contributed by atoms with Gasteiger partial charge in [-0.3, -0.25) is 14.9 Å². The number of hydrogen-bond acceptors (Lipinski definition) is 7. The highest BCUT2D eigenvalue weighted by Gasteiger charge is 2.20. The van der Waals surface area contributed by atoms with E-state index in [-0.39, 0.29) is 22.3 Å². The summed E-state index contributed by atoms with van der Waals surface area (Å²) in [5.41, 5.74) is 0.886. The van der Waals surface area contributed by atoms with Crippen LogP contribution in [-0.2, 0) is 4.79 Å². The minimum Gasteiger partial charge on any atom is -0.478 e. The lowest BCUT2D eigenvalue weighted by molar-refractivity contribution is -0.115. The maximum absolute atomic E-state index is 13.1. The van der Waals surface area contributed by atoms with Crippen molar-refractivity contribution in [2.75, 3.05) is 10.6 Å². The highest BCUT2D eigenvalue weighted by Crippen LogP contribution is 2.30. The molecule has 0 aliphatic heterocycles. The minimum absolute atomic E-state index is 0.0694. The lowest BCUT2D eigenvalue weighted by Gasteiger charge is -2.14. The van der Waals surface area contributed by atoms with Crippen LogP contribution in [0.4, 0.5) is 10.8 Å². The summed E-state index contributed by atoms with van der Waals surface area (Å²) in [5, 5.41) is 25.0. The van der Waals surface area contributed by atoms with E-state index in [0.717, 1.165) is 9.90 Å². The lowest BCUT2D eigenvalue weighted by atomic mass is 9.98. The molecule has 3 N–H and O–H groups in total. The molecule has 0 bridgehead atoms. The molecular weight excluding hydrogens is 484 g/mol. The van der Waals surface area contributed by atoms with Crippen LogP contribution in [0.1, 0.15) is 39.1 Å². The number of carboxylic acid groups (broad SMARTS) is 1. The van der Waals surface area contributed by atoms with Crippen LogP contribution < -0.4 is 10.6 Å². The first-order valence-electron chi connectivity index (χ1n) is 10.8. The van der Waals surface area contributed by atoms with Gasteiger partial charge >= 0.3 is 5.97 Å². The third-order valence-corrected chi connectivity index (χ3v) is 7.28. The number of anilines is 2. The minimum atomic E-state index is -1.10. The van der Waals surface area contributed by atoms with Crippen LogP contribution in [0.3, 0.4) is 0 Å². The molecule has 0 aliphatic rings. The molecule has 4 aromatic rings. The predicted molar refractivity (Wildman–Crippen MR) is 139 cm³/mol. The normalized spacial score (nSPS) is 11.7. The van der Waals surface area contributed by atoms with Crippen LogP contribution in [-0.4, -0.2) is 38.3 Å². The van der Waals surface area contributed by atoms with Crippen molar-refractivity contribution < 1.29 is 19.5 Å². The summed E-state index contributed by atoms with van der Waals surface area (Å²) in [7, 11) is 0. The van der Waals surface area contributed by atoms with E-state index in [9.17, 15) is 19.5 Å². The molecule has 3 aromatic carbocycles. The Morgan fingerprint density at radius 1 is 1.00 bits per heavy atom. The van der Waals surface area contributed by atoms with Crippen LogP contribution in [0, 0.1) is 6.92 Å². The Morgan fingerprint density at radius 2 is 1.71 bits per heavy atom. The topological polar surface area (TPSA) is 121 Å². The van der Waals surface area contributed by atoms with Crippen molar-refractivity contribution in [2.45, 2.75) is 30.4 Å². The first-order chi connectivity index (χ1) is 16.9. The zero-order chi connectivity index (χ0) is 24.9. The van der Waals surface area contributed by atoms with E-state index < -0.39 is 11.9 Å². The number of fused-ring (bicyclic) bond motifs is 1. The Hall–Kier alpha value is -3.76. The van der Waals surface area contributed by atoms with Crippen molar-refractivity contribution in [1.29, 1.82) is 0 Å². The van der Waals surface area contributed by atoms with E-state index in [2.05, 4.69) is 20.8 Å². The van der Waals surface area contributed by atoms with Gasteiger partial charge in [-0.05, 0) is 49.1 Å². The van der Waals surface area contributed by atoms with Gasteiger partial charge in [-0.15, -0.1) is 22.0 Å². The first kappa shape index (κ1) is 24.4. The fourth-order valence-corrected chi connectivity index (χ4v) is 5.18. The van der Waals surface area contributed by atoms with Crippen molar-refractivity contribution in [1.82, 2.24) is 10.2 Å². The SMILES string of the molecule is CCC(Sc1cccc(NC(=O)c2cccc3cccc(C(=O)O)c23)c1)C(=O)Nc1nnc(C)s1. The highest BCUT2D eigenvalue weighted by atomic mass is 32.2. The Labute approximate surface area is 209 Å². The summed E-state index contributed by atoms with van der Waals surface area (Å²) in [6.07, 6.45) is 0.596. The van der Waals surface area contributed by atoms with Gasteiger partial charge in [0, 0.05) is 21.5 Å². The third kappa shape index (κ3) is 5.67. The van der Waals surface area contributed by atoms with Gasteiger partial charge in [0.25, 0.3) is 5.91 Å². The summed E-state index contributed by atoms with van der Waals surface area (Å²) < 4.78 is 0. The number of carbonyl (C=O) groups excluding carboxylic acids is 2. The van der Waals surface area contributed by atoms with E-state index in [4.69, 9.17) is 0 Å². The molecule has 0 radical (unpaired) electrons. The summed E-state index contributed by atoms with van der Waals surface area (Å²) in [5.74, 6) is -1.68. The van der Waals surface area contributed by atoms with Gasteiger partial charge in [-0.25, -0.2) is 4.79 Å². The number of hydrogen-bond donors (Lipinski definition) is 3. The van der Waals surface area contributed by atoms with Gasteiger partial charge in [0.05, 0.1) is 10.8 Å². The van der Waals surface area contributed by atoms with Gasteiger partial charge in [0.15, 0.2) is 0 Å². The molecule has 178 valence electrons. The van der Waals surface area contributed by atoms with Gasteiger partial charge < -0.3 is 10.4 Å². The number of amides is 2. The number of thioether (sulfide) groups is 1. The highest BCUT2D eigenvalue weighted by molar-refractivity contribution is 8.00. The quantitative estimate of drug-likeness (QED) is 0.271. The molecule has 8 nitrogen and oxygen atoms in total. The molecule has 1 aromatic heterocycles. The number of carbonyl (C=O) groups is 3. The Kier molecular flexibility index (Phi) is 7.42. The van der Waals surface area contributed by atoms with Crippen LogP contribution in [0.15, 0.2) is 65.6 Å². The number of aromatic nitrogens is 2. The number of rotatable bonds is 8. The third-order valence-electron chi connectivity index (χ3n) is 5.17. The maximum atomic E-state index is 13.1. The van der Waals surface area contributed by atoms with E-state index in [1.807, 2.05) is 19.9 Å². The van der Waals surface area contributed by atoms with Gasteiger partial charge in [-0.1, -0.05) is 48.6 Å². The second-order valence-corrected chi connectivity index (χ2v) is 10.1. The number of carboxylic acids is 1. The smallest absolute Gasteiger partial charge is 0.336 e. The van der Waals surface area contributed by atoms with Crippen molar-refractivity contribution in [3.05, 3.63) is 76.8 Å². The standard InChI is InChI=1S/C25H22N4O4S2/c1-3-20(23(31)27-25-29-28-14(2)34-25)35-17-10-6-9-16(13-17)26-22(30)18-11-4-7-15-8-5-12-19(21(15)18)24(32)33/h4-13,20H,3H2,1-2H3,(H,26,30)(H,32,33)(H,27,29,31). The maximum Gasteiger partial charge on any atom is 0.336 e. The largest absolute Gasteiger partial charge is 0.478 e. The Bertz CT molecular complexity index is 1410. The van der Waals surface area contributed by atoms with Crippen LogP contribution >= 0.6 is 23.1 Å². The van der Waals surface area contributed by atoms with Gasteiger partial charge in [-0.2, -0.15) is 0 Å². The fraction of sp³-hybridized carbons (Fsp3) is 0.160. The lowest BCUT2D eigenvalue weighted by Crippen LogP contribution is -2.24. The summed E-state index contributed by atoms with van der Waals surface area (Å²) >= 11 is 2.70. The zero-order valence-electron chi connectivity index (χ0n) is 18.9. The average Bonchev–Trinajstić information content (AvgIpc) is 3.26. The molecule has 2 amide bonds. The van der Waals surface area contributed by atoms with Crippen LogP contribution in [0.25, 0.3) is 10.8 Å². The van der Waals surface area contributed by atoms with E-state index >= 15 is 0 Å². The Balaban J connectivity index is 1.52. The molecule has 1 heterocycles. The van der Waals surface area contributed by atoms with Crippen LogP contribution in [0.5, 0.6) is 0 Å². The first-order valence-corrected chi connectivity index (χ1v) is 12.5. The molecule has 1 atom stereocenters. The van der Waals surface area contributed by atoms with Gasteiger partial charge in [0.2, 0.25) is 11.0 Å². The molecule has 4 rings (SSSR count). The van der Waals surface area contributed by atoms with E-state index in [0.29, 0.717) is 28.0 Å². The molecule has 0 spiro atoms. The van der Waals surface area contributed by atoms with Crippen molar-refractivity contribution >= 4 is 62.5 Å². The van der Waals surface area contributed by atoms with Crippen LogP contribution in [0.2, 0.25) is 0 Å². The van der Waals surface area contributed by atoms with Crippen molar-refractivity contribution in [3.8, 4) is 0 Å². The van der Waals surface area contributed by atoms with Crippen molar-refractivity contribution in [2.24, 2.45) is 0 Å². The monoisotopic (exact) mass is 506 g/mol. The number of nitrogens with zero attached hydrogens (tertiary/aromatic N) is 2. The number of aromatic carboxylic acids is 1. The van der Waals surface area contributed by atoms with E-state index in [1.54, 1.807) is 48.5 Å². The molecule has 0 fully saturated rings. The average molecular weight is 507 g/mol. The number of aryl methyl sites for hydroxylation is 1. The summed E-state index contributed by atoms with van der Waals surface area (Å²) in [4.78, 5) is 38.4. The molecule has 10 heteroatoms. The predicted octanol–water partition coefficient (Wildman–Crippen LogP) is 5.46. The summed E-state index contributed by atoms with van der Waals surface area (Å²) in [6.45, 7) is 3.74. The molecule has 0 saturated carbocycles. The molecule has 35 heavy (non-hydrogen) atoms. The van der Waals surface area contributed by atoms with Crippen molar-refractivity contribution in [3.63, 3.8) is 0 Å². The molecule has 0 saturated heterocycles. The number of nitrogens with one attached hydrogen (secondary N) is 2. The number of benzene rings is 3. The van der Waals surface area contributed by atoms with E-state index in [1.165, 1.54) is 29.2 Å². The second-order valence-electron chi connectivity index (χ2n) is 7.63. The second kappa shape index (κ2) is 10.7. The molecule has 1 unspecified atom stereocenters. The Morgan fingerprint density at radius 3 is 2.37 bits per heavy atom. The molecule has 0 aliphatic carbocycles.